The Morgan fingerprint density at radius 2 is 1.87 bits per heavy atom. The van der Waals surface area contributed by atoms with E-state index in [2.05, 4.69) is 9.71 Å². The number of benzene rings is 2. The fourth-order valence-corrected chi connectivity index (χ4v) is 4.06. The Bertz CT molecular complexity index is 1270. The van der Waals surface area contributed by atoms with Gasteiger partial charge in [-0.15, -0.1) is 0 Å². The Labute approximate surface area is 172 Å². The molecular weight excluding hydrogens is 409 g/mol. The molecule has 154 valence electrons. The van der Waals surface area contributed by atoms with Gasteiger partial charge < -0.3 is 13.9 Å². The first-order valence-electron chi connectivity index (χ1n) is 8.97. The largest absolute Gasteiger partial charge is 0.493 e. The SMILES string of the molecule is COc1ccc(NS(=O)(=O)c2ccccc2F)cc1OCc1cn2ccccc2n1. The topological polar surface area (TPSA) is 81.9 Å². The molecule has 0 saturated carbocycles. The number of pyridine rings is 1. The maximum absolute atomic E-state index is 13.9. The lowest BCUT2D eigenvalue weighted by atomic mass is 10.3. The second kappa shape index (κ2) is 8.03. The van der Waals surface area contributed by atoms with Gasteiger partial charge in [-0.3, -0.25) is 4.72 Å². The molecule has 0 bridgehead atoms. The molecule has 0 amide bonds. The highest BCUT2D eigenvalue weighted by atomic mass is 32.2. The van der Waals surface area contributed by atoms with Gasteiger partial charge in [0.1, 0.15) is 23.0 Å². The molecule has 4 aromatic rings. The van der Waals surface area contributed by atoms with Gasteiger partial charge in [0.15, 0.2) is 11.5 Å². The summed E-state index contributed by atoms with van der Waals surface area (Å²) >= 11 is 0. The van der Waals surface area contributed by atoms with E-state index >= 15 is 0 Å². The maximum atomic E-state index is 13.9. The highest BCUT2D eigenvalue weighted by Gasteiger charge is 2.19. The number of nitrogens with one attached hydrogen (secondary N) is 1. The monoisotopic (exact) mass is 427 g/mol. The number of fused-ring (bicyclic) bond motifs is 1. The molecular formula is C21H18FN3O4S. The second-order valence-corrected chi connectivity index (χ2v) is 8.04. The third-order valence-corrected chi connectivity index (χ3v) is 5.75. The lowest BCUT2D eigenvalue weighted by Crippen LogP contribution is -2.14. The average molecular weight is 427 g/mol. The number of imidazole rings is 1. The van der Waals surface area contributed by atoms with E-state index in [0.717, 1.165) is 11.7 Å². The van der Waals surface area contributed by atoms with Gasteiger partial charge in [0.2, 0.25) is 0 Å². The Hall–Kier alpha value is -3.59. The Kier molecular flexibility index (Phi) is 5.28. The van der Waals surface area contributed by atoms with E-state index in [1.807, 2.05) is 35.0 Å². The van der Waals surface area contributed by atoms with Crippen molar-refractivity contribution >= 4 is 21.4 Å². The van der Waals surface area contributed by atoms with Crippen molar-refractivity contribution in [1.29, 1.82) is 0 Å². The smallest absolute Gasteiger partial charge is 0.264 e. The van der Waals surface area contributed by atoms with Crippen LogP contribution in [0.3, 0.4) is 0 Å². The molecule has 0 atom stereocenters. The number of aromatic nitrogens is 2. The molecule has 2 aromatic heterocycles. The molecule has 0 saturated heterocycles. The Morgan fingerprint density at radius 3 is 2.63 bits per heavy atom. The van der Waals surface area contributed by atoms with Crippen LogP contribution in [0.5, 0.6) is 11.5 Å². The molecule has 1 N–H and O–H groups in total. The number of hydrogen-bond acceptors (Lipinski definition) is 5. The summed E-state index contributed by atoms with van der Waals surface area (Å²) in [5.41, 5.74) is 1.69. The highest BCUT2D eigenvalue weighted by molar-refractivity contribution is 7.92. The Balaban J connectivity index is 1.56. The molecule has 7 nitrogen and oxygen atoms in total. The van der Waals surface area contributed by atoms with Gasteiger partial charge >= 0.3 is 0 Å². The third kappa shape index (κ3) is 4.06. The van der Waals surface area contributed by atoms with Gasteiger partial charge in [0.05, 0.1) is 18.5 Å². The van der Waals surface area contributed by atoms with E-state index in [1.54, 1.807) is 6.07 Å². The number of halogens is 1. The molecule has 0 spiro atoms. The molecule has 0 aliphatic rings. The van der Waals surface area contributed by atoms with Gasteiger partial charge in [-0.05, 0) is 36.4 Å². The summed E-state index contributed by atoms with van der Waals surface area (Å²) in [5, 5.41) is 0. The average Bonchev–Trinajstić information content (AvgIpc) is 3.15. The predicted molar refractivity (Wildman–Crippen MR) is 110 cm³/mol. The van der Waals surface area contributed by atoms with Crippen LogP contribution in [0.1, 0.15) is 5.69 Å². The third-order valence-electron chi connectivity index (χ3n) is 4.33. The first-order chi connectivity index (χ1) is 14.5. The summed E-state index contributed by atoms with van der Waals surface area (Å²) in [7, 11) is -2.62. The molecule has 4 rings (SSSR count). The summed E-state index contributed by atoms with van der Waals surface area (Å²) in [4.78, 5) is 4.02. The fraction of sp³-hybridized carbons (Fsp3) is 0.0952. The van der Waals surface area contributed by atoms with Crippen molar-refractivity contribution in [3.8, 4) is 11.5 Å². The van der Waals surface area contributed by atoms with Crippen LogP contribution in [-0.4, -0.2) is 24.9 Å². The van der Waals surface area contributed by atoms with E-state index in [0.29, 0.717) is 17.2 Å². The van der Waals surface area contributed by atoms with E-state index in [1.165, 1.54) is 37.4 Å². The van der Waals surface area contributed by atoms with Crippen LogP contribution in [0.15, 0.2) is 78.0 Å². The minimum absolute atomic E-state index is 0.154. The zero-order chi connectivity index (χ0) is 21.1. The fourth-order valence-electron chi connectivity index (χ4n) is 2.93. The van der Waals surface area contributed by atoms with Crippen molar-refractivity contribution in [2.24, 2.45) is 0 Å². The molecule has 0 aliphatic carbocycles. The quantitative estimate of drug-likeness (QED) is 0.484. The number of anilines is 1. The van der Waals surface area contributed by atoms with Crippen LogP contribution in [-0.2, 0) is 16.6 Å². The Morgan fingerprint density at radius 1 is 1.07 bits per heavy atom. The van der Waals surface area contributed by atoms with Gasteiger partial charge in [-0.25, -0.2) is 17.8 Å². The number of methoxy groups -OCH3 is 1. The van der Waals surface area contributed by atoms with Crippen LogP contribution >= 0.6 is 0 Å². The first kappa shape index (κ1) is 19.7. The predicted octanol–water partition coefficient (Wildman–Crippen LogP) is 3.86. The molecule has 0 unspecified atom stereocenters. The maximum Gasteiger partial charge on any atom is 0.264 e. The van der Waals surface area contributed by atoms with Crippen LogP contribution in [0.25, 0.3) is 5.65 Å². The normalized spacial score (nSPS) is 11.4. The molecule has 0 radical (unpaired) electrons. The number of ether oxygens (including phenoxy) is 2. The molecule has 30 heavy (non-hydrogen) atoms. The van der Waals surface area contributed by atoms with Gasteiger partial charge in [0, 0.05) is 18.5 Å². The molecule has 0 fully saturated rings. The highest BCUT2D eigenvalue weighted by Crippen LogP contribution is 2.32. The summed E-state index contributed by atoms with van der Waals surface area (Å²) in [5.74, 6) is -0.0854. The summed E-state index contributed by atoms with van der Waals surface area (Å²) in [6.07, 6.45) is 3.72. The molecule has 2 heterocycles. The van der Waals surface area contributed by atoms with E-state index in [4.69, 9.17) is 9.47 Å². The van der Waals surface area contributed by atoms with Crippen molar-refractivity contribution in [3.05, 3.63) is 84.6 Å². The summed E-state index contributed by atoms with van der Waals surface area (Å²) < 4.78 is 54.3. The van der Waals surface area contributed by atoms with Gasteiger partial charge in [-0.2, -0.15) is 0 Å². The first-order valence-corrected chi connectivity index (χ1v) is 10.5. The van der Waals surface area contributed by atoms with Crippen LogP contribution in [0, 0.1) is 5.82 Å². The van der Waals surface area contributed by atoms with Crippen molar-refractivity contribution in [2.45, 2.75) is 11.5 Å². The zero-order valence-electron chi connectivity index (χ0n) is 15.9. The minimum atomic E-state index is -4.10. The van der Waals surface area contributed by atoms with Crippen LogP contribution in [0.4, 0.5) is 10.1 Å². The van der Waals surface area contributed by atoms with Crippen molar-refractivity contribution in [1.82, 2.24) is 9.38 Å². The van der Waals surface area contributed by atoms with Crippen molar-refractivity contribution in [3.63, 3.8) is 0 Å². The summed E-state index contributed by atoms with van der Waals surface area (Å²) in [6.45, 7) is 0.154. The summed E-state index contributed by atoms with van der Waals surface area (Å²) in [6, 6.07) is 15.4. The zero-order valence-corrected chi connectivity index (χ0v) is 16.8. The lowest BCUT2D eigenvalue weighted by molar-refractivity contribution is 0.281. The second-order valence-electron chi connectivity index (χ2n) is 6.39. The molecule has 9 heteroatoms. The lowest BCUT2D eigenvalue weighted by Gasteiger charge is -2.13. The number of sulfonamides is 1. The van der Waals surface area contributed by atoms with E-state index in [-0.39, 0.29) is 12.3 Å². The van der Waals surface area contributed by atoms with Crippen molar-refractivity contribution < 1.29 is 22.3 Å². The number of rotatable bonds is 7. The van der Waals surface area contributed by atoms with E-state index in [9.17, 15) is 12.8 Å². The van der Waals surface area contributed by atoms with Gasteiger partial charge in [-0.1, -0.05) is 18.2 Å². The number of hydrogen-bond donors (Lipinski definition) is 1. The van der Waals surface area contributed by atoms with E-state index < -0.39 is 20.7 Å². The minimum Gasteiger partial charge on any atom is -0.493 e. The molecule has 2 aromatic carbocycles. The van der Waals surface area contributed by atoms with Crippen LogP contribution < -0.4 is 14.2 Å². The standard InChI is InChI=1S/C21H18FN3O4S/c1-28-18-10-9-15(24-30(26,27)20-7-3-2-6-17(20)22)12-19(18)29-14-16-13-25-11-5-4-8-21(25)23-16/h2-13,24H,14H2,1H3. The number of nitrogens with zero attached hydrogens (tertiary/aromatic N) is 2. The van der Waals surface area contributed by atoms with Crippen molar-refractivity contribution in [2.75, 3.05) is 11.8 Å². The van der Waals surface area contributed by atoms with Gasteiger partial charge in [0.25, 0.3) is 10.0 Å². The van der Waals surface area contributed by atoms with Crippen LogP contribution in [0.2, 0.25) is 0 Å². The molecule has 0 aliphatic heterocycles.